The van der Waals surface area contributed by atoms with Crippen LogP contribution in [0.3, 0.4) is 0 Å². The fourth-order valence-electron chi connectivity index (χ4n) is 2.20. The molecule has 0 aliphatic rings. The van der Waals surface area contributed by atoms with E-state index in [1.807, 2.05) is 0 Å². The maximum absolute atomic E-state index is 12.5. The summed E-state index contributed by atoms with van der Waals surface area (Å²) in [6.45, 7) is 0. The lowest BCUT2D eigenvalue weighted by atomic mass is 10.1. The molecule has 0 aliphatic carbocycles. The average molecular weight is 446 g/mol. The highest BCUT2D eigenvalue weighted by Gasteiger charge is 2.29. The number of nitrogens with zero attached hydrogens (tertiary/aromatic N) is 1. The van der Waals surface area contributed by atoms with E-state index >= 15 is 0 Å². The largest absolute Gasteiger partial charge is 0.416 e. The molecule has 10 heteroatoms. The summed E-state index contributed by atoms with van der Waals surface area (Å²) in [5, 5.41) is 7.01. The van der Waals surface area contributed by atoms with Gasteiger partial charge in [0, 0.05) is 18.5 Å². The van der Waals surface area contributed by atoms with Crippen molar-refractivity contribution in [3.05, 3.63) is 63.6 Å². The number of alkyl halides is 3. The van der Waals surface area contributed by atoms with Crippen LogP contribution in [0.4, 0.5) is 18.9 Å². The number of nitrogens with one attached hydrogen (secondary N) is 2. The molecule has 0 spiro atoms. The Morgan fingerprint density at radius 1 is 0.966 bits per heavy atom. The molecule has 0 aliphatic heterocycles. The van der Waals surface area contributed by atoms with Gasteiger partial charge < -0.3 is 5.32 Å². The minimum absolute atomic E-state index is 0.0547. The molecule has 2 aromatic rings. The molecule has 0 heterocycles. The first-order valence-electron chi connectivity index (χ1n) is 8.39. The fourth-order valence-corrected chi connectivity index (χ4v) is 2.50. The second-order valence-electron chi connectivity index (χ2n) is 5.94. The third-order valence-electron chi connectivity index (χ3n) is 3.65. The van der Waals surface area contributed by atoms with Gasteiger partial charge in [-0.15, -0.1) is 0 Å². The Morgan fingerprint density at radius 2 is 1.62 bits per heavy atom. The molecule has 154 valence electrons. The summed E-state index contributed by atoms with van der Waals surface area (Å²) in [6.07, 6.45) is -2.73. The number of rotatable bonds is 7. The molecule has 0 radical (unpaired) electrons. The van der Waals surface area contributed by atoms with Crippen LogP contribution in [-0.4, -0.2) is 18.0 Å². The summed E-state index contributed by atoms with van der Waals surface area (Å²) in [6, 6.07) is 9.02. The molecule has 0 saturated carbocycles. The summed E-state index contributed by atoms with van der Waals surface area (Å²) >= 11 is 11.7. The van der Waals surface area contributed by atoms with Gasteiger partial charge in [-0.1, -0.05) is 35.3 Å². The highest BCUT2D eigenvalue weighted by molar-refractivity contribution is 6.42. The van der Waals surface area contributed by atoms with Crippen molar-refractivity contribution in [3.8, 4) is 0 Å². The third kappa shape index (κ3) is 7.75. The van der Waals surface area contributed by atoms with Gasteiger partial charge in [-0.25, -0.2) is 5.43 Å². The van der Waals surface area contributed by atoms with Crippen LogP contribution in [0.5, 0.6) is 0 Å². The maximum Gasteiger partial charge on any atom is 0.416 e. The van der Waals surface area contributed by atoms with Crippen LogP contribution in [0.2, 0.25) is 10.0 Å². The van der Waals surface area contributed by atoms with Crippen molar-refractivity contribution in [1.82, 2.24) is 5.43 Å². The minimum Gasteiger partial charge on any atom is -0.326 e. The Kier molecular flexibility index (Phi) is 8.04. The molecule has 0 aromatic heterocycles. The number of carbonyl (C=O) groups is 2. The highest BCUT2D eigenvalue weighted by Crippen LogP contribution is 2.29. The fraction of sp³-hybridized carbons (Fsp3) is 0.211. The van der Waals surface area contributed by atoms with E-state index in [2.05, 4.69) is 15.8 Å². The first-order chi connectivity index (χ1) is 13.6. The van der Waals surface area contributed by atoms with Gasteiger partial charge in [-0.2, -0.15) is 18.3 Å². The van der Waals surface area contributed by atoms with Crippen molar-refractivity contribution in [2.45, 2.75) is 25.4 Å². The predicted octanol–water partition coefficient (Wildman–Crippen LogP) is 5.27. The molecular weight excluding hydrogens is 430 g/mol. The van der Waals surface area contributed by atoms with Crippen molar-refractivity contribution in [1.29, 1.82) is 0 Å². The maximum atomic E-state index is 12.5. The number of amides is 2. The van der Waals surface area contributed by atoms with Crippen LogP contribution in [0.25, 0.3) is 0 Å². The summed E-state index contributed by atoms with van der Waals surface area (Å²) in [4.78, 5) is 23.6. The van der Waals surface area contributed by atoms with Crippen LogP contribution >= 0.6 is 23.2 Å². The van der Waals surface area contributed by atoms with Gasteiger partial charge in [0.25, 0.3) is 0 Å². The molecule has 0 atom stereocenters. The third-order valence-corrected chi connectivity index (χ3v) is 4.39. The zero-order chi connectivity index (χ0) is 21.4. The number of halogens is 5. The van der Waals surface area contributed by atoms with Crippen molar-refractivity contribution in [3.63, 3.8) is 0 Å². The van der Waals surface area contributed by atoms with Gasteiger partial charge in [0.1, 0.15) is 0 Å². The Bertz CT molecular complexity index is 901. The van der Waals surface area contributed by atoms with Crippen molar-refractivity contribution >= 4 is 46.9 Å². The summed E-state index contributed by atoms with van der Waals surface area (Å²) in [5.74, 6) is -0.708. The van der Waals surface area contributed by atoms with Crippen molar-refractivity contribution < 1.29 is 22.8 Å². The van der Waals surface area contributed by atoms with Gasteiger partial charge in [0.2, 0.25) is 11.8 Å². The minimum atomic E-state index is -4.41. The van der Waals surface area contributed by atoms with E-state index in [0.29, 0.717) is 21.3 Å². The van der Waals surface area contributed by atoms with E-state index in [1.165, 1.54) is 24.4 Å². The Hall–Kier alpha value is -2.58. The molecule has 2 N–H and O–H groups in total. The van der Waals surface area contributed by atoms with Crippen LogP contribution in [-0.2, 0) is 15.8 Å². The van der Waals surface area contributed by atoms with Gasteiger partial charge in [-0.05, 0) is 42.3 Å². The van der Waals surface area contributed by atoms with Crippen molar-refractivity contribution in [2.75, 3.05) is 5.32 Å². The monoisotopic (exact) mass is 445 g/mol. The lowest BCUT2D eigenvalue weighted by Crippen LogP contribution is -2.18. The zero-order valence-electron chi connectivity index (χ0n) is 14.9. The molecule has 2 aromatic carbocycles. The highest BCUT2D eigenvalue weighted by atomic mass is 35.5. The number of hydrazone groups is 1. The smallest absolute Gasteiger partial charge is 0.326 e. The standard InChI is InChI=1S/C19H16Cl2F3N3O2/c20-15-9-8-14(10-16(15)21)26-17(28)2-1-3-18(29)27-25-11-12-4-6-13(7-5-12)19(22,23)24/h4-11H,1-3H2,(H,26,28)(H,27,29)/b25-11-. The first-order valence-corrected chi connectivity index (χ1v) is 9.15. The predicted molar refractivity (Wildman–Crippen MR) is 106 cm³/mol. The normalized spacial score (nSPS) is 11.5. The van der Waals surface area contributed by atoms with E-state index in [0.717, 1.165) is 12.1 Å². The number of carbonyl (C=O) groups excluding carboxylic acids is 2. The topological polar surface area (TPSA) is 70.6 Å². The number of benzene rings is 2. The zero-order valence-corrected chi connectivity index (χ0v) is 16.4. The number of anilines is 1. The van der Waals surface area contributed by atoms with Crippen LogP contribution in [0, 0.1) is 0 Å². The quantitative estimate of drug-likeness (QED) is 0.449. The molecule has 0 saturated heterocycles. The van der Waals surface area contributed by atoms with E-state index in [1.54, 1.807) is 12.1 Å². The van der Waals surface area contributed by atoms with E-state index in [9.17, 15) is 22.8 Å². The van der Waals surface area contributed by atoms with Crippen LogP contribution in [0.15, 0.2) is 47.6 Å². The molecule has 2 amide bonds. The molecule has 0 unspecified atom stereocenters. The first kappa shape index (κ1) is 22.7. The van der Waals surface area contributed by atoms with E-state index in [-0.39, 0.29) is 25.2 Å². The lowest BCUT2D eigenvalue weighted by molar-refractivity contribution is -0.137. The van der Waals surface area contributed by atoms with E-state index in [4.69, 9.17) is 23.2 Å². The number of hydrogen-bond donors (Lipinski definition) is 2. The van der Waals surface area contributed by atoms with Crippen molar-refractivity contribution in [2.24, 2.45) is 5.10 Å². The molecule has 0 bridgehead atoms. The van der Waals surface area contributed by atoms with Gasteiger partial charge in [-0.3, -0.25) is 9.59 Å². The van der Waals surface area contributed by atoms with Gasteiger partial charge >= 0.3 is 6.18 Å². The molecular formula is C19H16Cl2F3N3O2. The van der Waals surface area contributed by atoms with Gasteiger partial charge in [0.15, 0.2) is 0 Å². The second kappa shape index (κ2) is 10.3. The lowest BCUT2D eigenvalue weighted by Gasteiger charge is -2.06. The molecule has 5 nitrogen and oxygen atoms in total. The SMILES string of the molecule is O=C(CCCC(=O)Nc1ccc(Cl)c(Cl)c1)N/N=C\c1ccc(C(F)(F)F)cc1. The summed E-state index contributed by atoms with van der Waals surface area (Å²) in [5.41, 5.74) is 2.39. The average Bonchev–Trinajstić information content (AvgIpc) is 2.64. The summed E-state index contributed by atoms with van der Waals surface area (Å²) in [7, 11) is 0. The Morgan fingerprint density at radius 3 is 2.24 bits per heavy atom. The molecule has 29 heavy (non-hydrogen) atoms. The van der Waals surface area contributed by atoms with Crippen LogP contribution < -0.4 is 10.7 Å². The van der Waals surface area contributed by atoms with Gasteiger partial charge in [0.05, 0.1) is 21.8 Å². The molecule has 2 rings (SSSR count). The Labute approximate surface area is 174 Å². The van der Waals surface area contributed by atoms with Crippen LogP contribution in [0.1, 0.15) is 30.4 Å². The number of hydrogen-bond acceptors (Lipinski definition) is 3. The summed E-state index contributed by atoms with van der Waals surface area (Å²) < 4.78 is 37.4. The van der Waals surface area contributed by atoms with E-state index < -0.39 is 17.6 Å². The second-order valence-corrected chi connectivity index (χ2v) is 6.76. The molecule has 0 fully saturated rings. The Balaban J connectivity index is 1.70.